The fourth-order valence-corrected chi connectivity index (χ4v) is 19.1. The number of aliphatic hydroxyl groups excluding tert-OH is 5. The van der Waals surface area contributed by atoms with Crippen molar-refractivity contribution in [3.8, 4) is 11.5 Å². The van der Waals surface area contributed by atoms with E-state index in [-0.39, 0.29) is 97.2 Å². The lowest BCUT2D eigenvalue weighted by molar-refractivity contribution is 0.0372. The number of aromatic nitrogens is 9. The number of imidazole rings is 1. The summed E-state index contributed by atoms with van der Waals surface area (Å²) in [7, 11) is 1.88. The molecule has 6 aliphatic rings. The van der Waals surface area contributed by atoms with Crippen LogP contribution in [-0.2, 0) is 7.05 Å². The number of halogens is 2. The van der Waals surface area contributed by atoms with Gasteiger partial charge in [-0.1, -0.05) is 182 Å². The Morgan fingerprint density at radius 1 is 0.383 bits per heavy atom. The molecule has 0 aliphatic carbocycles. The van der Waals surface area contributed by atoms with Gasteiger partial charge in [-0.05, 0) is 171 Å². The molecule has 0 bridgehead atoms. The third kappa shape index (κ3) is 19.8. The van der Waals surface area contributed by atoms with E-state index in [1.807, 2.05) is 104 Å². The molecule has 10 atom stereocenters. The van der Waals surface area contributed by atoms with Gasteiger partial charge < -0.3 is 64.1 Å². The summed E-state index contributed by atoms with van der Waals surface area (Å²) < 4.78 is 42.3. The fraction of sp³-hybridized carbons (Fsp3) is 0.267. The maximum Gasteiger partial charge on any atom is 0.292 e. The number of aryl methyl sites for hydroxylation is 2. The molecule has 0 saturated carbocycles. The van der Waals surface area contributed by atoms with Crippen LogP contribution in [0.1, 0.15) is 147 Å². The van der Waals surface area contributed by atoms with Crippen LogP contribution < -0.4 is 9.47 Å². The Morgan fingerprint density at radius 2 is 0.812 bits per heavy atom. The Bertz CT molecular complexity index is 6940. The van der Waals surface area contributed by atoms with Gasteiger partial charge in [-0.25, -0.2) is 23.3 Å². The number of amides is 5. The molecule has 10 unspecified atom stereocenters. The van der Waals surface area contributed by atoms with Gasteiger partial charge >= 0.3 is 0 Å². The first-order valence-corrected chi connectivity index (χ1v) is 44.8. The summed E-state index contributed by atoms with van der Waals surface area (Å²) in [5.41, 5.74) is 8.64. The van der Waals surface area contributed by atoms with Gasteiger partial charge in [0.1, 0.15) is 28.5 Å². The summed E-state index contributed by atoms with van der Waals surface area (Å²) in [5, 5.41) is 75.1. The number of aliphatic hydroxyl groups is 5. The molecule has 16 aromatic rings. The van der Waals surface area contributed by atoms with E-state index in [1.54, 1.807) is 51.9 Å². The fourth-order valence-electron chi connectivity index (χ4n) is 19.1. The minimum Gasteiger partial charge on any atom is -0.454 e. The van der Waals surface area contributed by atoms with E-state index in [2.05, 4.69) is 152 Å². The third-order valence-corrected chi connectivity index (χ3v) is 26.3. The predicted octanol–water partition coefficient (Wildman–Crippen LogP) is 14.5. The molecular weight excluding hydrogens is 1690 g/mol. The number of rotatable bonds is 10. The molecule has 133 heavy (non-hydrogen) atoms. The van der Waals surface area contributed by atoms with E-state index in [4.69, 9.17) is 9.47 Å². The molecular formula is C105H100F2N14O12. The van der Waals surface area contributed by atoms with Crippen LogP contribution in [0.5, 0.6) is 11.5 Å². The van der Waals surface area contributed by atoms with E-state index < -0.39 is 36.3 Å². The van der Waals surface area contributed by atoms with Gasteiger partial charge in [-0.15, -0.1) is 10.2 Å². The highest BCUT2D eigenvalue weighted by Gasteiger charge is 2.39. The minimum atomic E-state index is -0.637. The van der Waals surface area contributed by atoms with Crippen LogP contribution in [0.3, 0.4) is 0 Å². The van der Waals surface area contributed by atoms with Crippen LogP contribution in [0.25, 0.3) is 54.5 Å². The molecule has 0 radical (unpaired) electrons. The summed E-state index contributed by atoms with van der Waals surface area (Å²) in [6, 6.07) is 76.6. The zero-order chi connectivity index (χ0) is 91.9. The molecule has 5 aromatic heterocycles. The summed E-state index contributed by atoms with van der Waals surface area (Å²) in [5.74, 6) is 0.373. The van der Waals surface area contributed by atoms with Crippen LogP contribution in [0, 0.1) is 18.6 Å². The Hall–Kier alpha value is -14.6. The number of carbonyl (C=O) groups is 5. The van der Waals surface area contributed by atoms with Crippen LogP contribution >= 0.6 is 0 Å². The lowest BCUT2D eigenvalue weighted by atomic mass is 9.86. The molecule has 11 aromatic carbocycles. The normalized spacial score (nSPS) is 20.5. The smallest absolute Gasteiger partial charge is 0.292 e. The predicted molar refractivity (Wildman–Crippen MR) is 499 cm³/mol. The summed E-state index contributed by atoms with van der Waals surface area (Å²) in [6.07, 6.45) is 11.9. The number of β-amino-alcohol motifs (C(OH)–C–C–N with tert-alkyl or cyclic N) is 5. The van der Waals surface area contributed by atoms with Gasteiger partial charge in [0.05, 0.1) is 42.9 Å². The third-order valence-electron chi connectivity index (χ3n) is 26.3. The van der Waals surface area contributed by atoms with Crippen molar-refractivity contribution in [3.05, 3.63) is 359 Å². The lowest BCUT2D eigenvalue weighted by Crippen LogP contribution is -2.46. The van der Waals surface area contributed by atoms with E-state index in [1.165, 1.54) is 88.0 Å². The largest absolute Gasteiger partial charge is 0.454 e. The second-order valence-electron chi connectivity index (χ2n) is 34.7. The summed E-state index contributed by atoms with van der Waals surface area (Å²) in [6.45, 7) is 6.37. The molecule has 28 heteroatoms. The first kappa shape index (κ1) is 89.1. The van der Waals surface area contributed by atoms with Crippen molar-refractivity contribution >= 4 is 84.1 Å². The number of fused-ring (bicyclic) bond motifs is 7. The molecule has 5 saturated heterocycles. The van der Waals surface area contributed by atoms with Crippen LogP contribution in [0.2, 0.25) is 0 Å². The van der Waals surface area contributed by atoms with Crippen molar-refractivity contribution in [2.45, 2.75) is 99.1 Å². The van der Waals surface area contributed by atoms with Crippen molar-refractivity contribution in [2.24, 2.45) is 7.05 Å². The minimum absolute atomic E-state index is 0.00289. The zero-order valence-corrected chi connectivity index (χ0v) is 73.3. The molecule has 26 nitrogen and oxygen atoms in total. The van der Waals surface area contributed by atoms with E-state index >= 15 is 0 Å². The number of hydrogen-bond donors (Lipinski definition) is 5. The number of ether oxygens (including phenoxy) is 2. The van der Waals surface area contributed by atoms with Crippen molar-refractivity contribution in [3.63, 3.8) is 0 Å². The van der Waals surface area contributed by atoms with Crippen LogP contribution in [0.4, 0.5) is 8.78 Å². The topological polar surface area (TPSA) is 312 Å². The van der Waals surface area contributed by atoms with Gasteiger partial charge in [0.25, 0.3) is 35.3 Å². The SMILES string of the molecule is Cc1ccn2c(C(=O)N3CCC(c4ccc5ccccc5c4)C(O)C3)nnc2n1.Cn1ccn2ncc(C(=O)N3CCC(c4ccc5c(c4)OCO5)C(O)C3)c12.O=C(c1ccc(F)cc1)N1CCC(c2ccc3ccccc3c2)C(O)C1.O=C(c1cccc(F)c1)N1CCC(c2ccc3ccccc3c2)C(O)C1.O=C(c1cnccn1)N1CCC(c2ccc3ccccc3c2)C(O)C1. The van der Waals surface area contributed by atoms with Crippen molar-refractivity contribution in [1.82, 2.24) is 68.2 Å². The molecule has 6 aliphatic heterocycles. The average molecular weight is 1790 g/mol. The van der Waals surface area contributed by atoms with Crippen molar-refractivity contribution in [1.29, 1.82) is 0 Å². The van der Waals surface area contributed by atoms with Crippen LogP contribution in [0.15, 0.2) is 286 Å². The highest BCUT2D eigenvalue weighted by molar-refractivity contribution is 6.00. The van der Waals surface area contributed by atoms with E-state index in [0.29, 0.717) is 105 Å². The molecule has 676 valence electrons. The standard InChI is InChI=1S/2C22H20FNO2.C22H21N5O2.C20H19N3O2.C19H20N4O4/c23-19-7-3-6-18(13-19)22(26)24-11-10-20(21(25)14-24)17-9-8-15-4-1-2-5-16(15)12-17;23-19-9-7-16(8-10-19)22(26)24-12-11-20(21(25)14-24)18-6-5-15-3-1-2-4-17(15)13-18;1-14-8-11-27-20(24-25-22(27)23-14)21(29)26-10-9-18(19(28)13-26)17-7-6-15-4-2-3-5-16(15)12-17;24-19-13-23(20(25)18-12-21-8-9-22-18)10-7-17(19)16-6-5-14-3-1-2-4-15(14)11-16;1-21-6-7-23-18(21)14(9-20-23)19(25)22-5-4-13(15(24)10-22)12-2-3-16-17(8-12)27-11-26-16/h1-9,12-13,20-21,25H,10-11,14H2;1-10,13,20-21,25H,11-12,14H2;2-8,11-12,18-19,28H,9-10,13H2,1H3;1-6,8-9,11-12,17,19,24H,7,10,13H2;2-3,6-9,13,15,24H,4-5,10-11H2,1H3. The highest BCUT2D eigenvalue weighted by Crippen LogP contribution is 2.41. The highest BCUT2D eigenvalue weighted by atomic mass is 19.1. The summed E-state index contributed by atoms with van der Waals surface area (Å²) in [4.78, 5) is 84.1. The van der Waals surface area contributed by atoms with Crippen LogP contribution in [-0.4, -0.2) is 226 Å². The quantitative estimate of drug-likeness (QED) is 0.0849. The molecule has 11 heterocycles. The number of likely N-dealkylation sites (tertiary alicyclic amines) is 5. The average Bonchev–Trinajstić information content (AvgIpc) is 1.63. The number of carbonyl (C=O) groups excluding carboxylic acids is 5. The Kier molecular flexibility index (Phi) is 26.5. The number of nitrogens with zero attached hydrogens (tertiary/aromatic N) is 14. The van der Waals surface area contributed by atoms with Gasteiger partial charge in [-0.3, -0.25) is 33.4 Å². The monoisotopic (exact) mass is 1790 g/mol. The van der Waals surface area contributed by atoms with Gasteiger partial charge in [-0.2, -0.15) is 5.10 Å². The number of hydrogen-bond acceptors (Lipinski definition) is 18. The number of benzene rings is 11. The van der Waals surface area contributed by atoms with Gasteiger partial charge in [0, 0.05) is 150 Å². The van der Waals surface area contributed by atoms with Crippen molar-refractivity contribution in [2.75, 3.05) is 72.2 Å². The zero-order valence-electron chi connectivity index (χ0n) is 73.3. The van der Waals surface area contributed by atoms with Gasteiger partial charge in [0.15, 0.2) is 11.5 Å². The molecule has 5 amide bonds. The van der Waals surface area contributed by atoms with E-state index in [0.717, 1.165) is 67.5 Å². The maximum absolute atomic E-state index is 13.4. The van der Waals surface area contributed by atoms with E-state index in [9.17, 15) is 58.3 Å². The molecule has 22 rings (SSSR count). The first-order valence-electron chi connectivity index (χ1n) is 44.8. The van der Waals surface area contributed by atoms with Gasteiger partial charge in [0.2, 0.25) is 12.6 Å². The molecule has 0 spiro atoms. The Balaban J connectivity index is 0.000000111. The second-order valence-corrected chi connectivity index (χ2v) is 34.7. The molecule has 5 N–H and O–H groups in total. The lowest BCUT2D eigenvalue weighted by Gasteiger charge is -2.36. The van der Waals surface area contributed by atoms with Crippen molar-refractivity contribution < 1.29 is 67.8 Å². The maximum atomic E-state index is 13.4. The second kappa shape index (κ2) is 39.6. The Morgan fingerprint density at radius 3 is 1.27 bits per heavy atom. The first-order chi connectivity index (χ1) is 64.7. The summed E-state index contributed by atoms with van der Waals surface area (Å²) >= 11 is 0. The molecule has 5 fully saturated rings. The number of piperidine rings is 5. The Labute approximate surface area is 765 Å².